The zero-order valence-electron chi connectivity index (χ0n) is 6.78. The Labute approximate surface area is 71.1 Å². The Hall–Kier alpha value is -1.69. The van der Waals surface area contributed by atoms with Crippen LogP contribution >= 0.6 is 0 Å². The largest absolute Gasteiger partial charge is 0.497 e. The fraction of sp³-hybridized carbons (Fsp3) is 0.222. The number of nitrogens with zero attached hydrogens (tertiary/aromatic N) is 1. The zero-order valence-corrected chi connectivity index (χ0v) is 6.78. The van der Waals surface area contributed by atoms with Gasteiger partial charge in [0.2, 0.25) is 0 Å². The Kier molecular flexibility index (Phi) is 2.97. The summed E-state index contributed by atoms with van der Waals surface area (Å²) in [5.41, 5.74) is 0.956. The molecule has 3 nitrogen and oxygen atoms in total. The van der Waals surface area contributed by atoms with Gasteiger partial charge in [-0.25, -0.2) is 0 Å². The van der Waals surface area contributed by atoms with Crippen LogP contribution in [0, 0.1) is 11.5 Å². The molecule has 0 aromatic heterocycles. The first kappa shape index (κ1) is 8.41. The zero-order chi connectivity index (χ0) is 8.81. The molecule has 0 aliphatic carbocycles. The summed E-state index contributed by atoms with van der Waals surface area (Å²) in [6, 6.07) is 7.37. The van der Waals surface area contributed by atoms with E-state index in [-0.39, 0.29) is 0 Å². The molecule has 0 atom stereocenters. The number of nitriles is 1. The SMILES string of the molecule is COc1ccc(COC#N)cc1. The highest BCUT2D eigenvalue weighted by molar-refractivity contribution is 5.26. The molecule has 0 saturated carbocycles. The lowest BCUT2D eigenvalue weighted by molar-refractivity contribution is 0.257. The van der Waals surface area contributed by atoms with E-state index in [9.17, 15) is 0 Å². The molecule has 0 saturated heterocycles. The molecule has 0 bridgehead atoms. The van der Waals surface area contributed by atoms with Gasteiger partial charge in [-0.15, -0.1) is 0 Å². The number of hydrogen-bond acceptors (Lipinski definition) is 3. The monoisotopic (exact) mass is 163 g/mol. The van der Waals surface area contributed by atoms with Gasteiger partial charge in [-0.2, -0.15) is 5.26 Å². The van der Waals surface area contributed by atoms with E-state index in [2.05, 4.69) is 4.74 Å². The van der Waals surface area contributed by atoms with Gasteiger partial charge < -0.3 is 9.47 Å². The van der Waals surface area contributed by atoms with Crippen LogP contribution in [-0.4, -0.2) is 7.11 Å². The van der Waals surface area contributed by atoms with Crippen LogP contribution in [0.3, 0.4) is 0 Å². The van der Waals surface area contributed by atoms with Crippen molar-refractivity contribution in [3.05, 3.63) is 29.8 Å². The standard InChI is InChI=1S/C9H9NO2/c1-11-9-4-2-8(3-5-9)6-12-7-10/h2-5H,6H2,1H3. The van der Waals surface area contributed by atoms with E-state index in [4.69, 9.17) is 10.00 Å². The summed E-state index contributed by atoms with van der Waals surface area (Å²) in [6.45, 7) is 0.320. The van der Waals surface area contributed by atoms with Gasteiger partial charge in [0.25, 0.3) is 6.26 Å². The van der Waals surface area contributed by atoms with Crippen molar-refractivity contribution in [3.8, 4) is 12.0 Å². The van der Waals surface area contributed by atoms with E-state index in [1.807, 2.05) is 24.3 Å². The summed E-state index contributed by atoms with van der Waals surface area (Å²) in [5, 5.41) is 8.13. The van der Waals surface area contributed by atoms with Gasteiger partial charge >= 0.3 is 0 Å². The van der Waals surface area contributed by atoms with E-state index >= 15 is 0 Å². The van der Waals surface area contributed by atoms with Crippen LogP contribution in [0.1, 0.15) is 5.56 Å². The van der Waals surface area contributed by atoms with Crippen LogP contribution in [0.5, 0.6) is 5.75 Å². The van der Waals surface area contributed by atoms with E-state index in [0.717, 1.165) is 11.3 Å². The topological polar surface area (TPSA) is 42.2 Å². The van der Waals surface area contributed by atoms with Crippen molar-refractivity contribution in [1.29, 1.82) is 5.26 Å². The van der Waals surface area contributed by atoms with Crippen LogP contribution in [-0.2, 0) is 11.3 Å². The predicted molar refractivity (Wildman–Crippen MR) is 43.4 cm³/mol. The van der Waals surface area contributed by atoms with Crippen molar-refractivity contribution in [2.75, 3.05) is 7.11 Å². The average Bonchev–Trinajstić information content (AvgIpc) is 2.15. The summed E-state index contributed by atoms with van der Waals surface area (Å²) >= 11 is 0. The Morgan fingerprint density at radius 2 is 2.00 bits per heavy atom. The first-order chi connectivity index (χ1) is 5.86. The normalized spacial score (nSPS) is 8.67. The van der Waals surface area contributed by atoms with Crippen molar-refractivity contribution in [3.63, 3.8) is 0 Å². The Morgan fingerprint density at radius 3 is 2.50 bits per heavy atom. The van der Waals surface area contributed by atoms with Crippen molar-refractivity contribution >= 4 is 0 Å². The highest BCUT2D eigenvalue weighted by Gasteiger charge is 1.93. The first-order valence-electron chi connectivity index (χ1n) is 3.50. The molecule has 0 unspecified atom stereocenters. The second-order valence-electron chi connectivity index (χ2n) is 2.23. The van der Waals surface area contributed by atoms with E-state index in [1.54, 1.807) is 13.4 Å². The van der Waals surface area contributed by atoms with Gasteiger partial charge in [-0.3, -0.25) is 0 Å². The maximum absolute atomic E-state index is 8.13. The molecule has 0 amide bonds. The van der Waals surface area contributed by atoms with E-state index < -0.39 is 0 Å². The summed E-state index contributed by atoms with van der Waals surface area (Å²) in [7, 11) is 1.61. The molecule has 0 fully saturated rings. The highest BCUT2D eigenvalue weighted by atomic mass is 16.5. The Morgan fingerprint density at radius 1 is 1.33 bits per heavy atom. The Bertz CT molecular complexity index is 274. The minimum atomic E-state index is 0.320. The predicted octanol–water partition coefficient (Wildman–Crippen LogP) is 1.69. The minimum Gasteiger partial charge on any atom is -0.497 e. The van der Waals surface area contributed by atoms with Crippen molar-refractivity contribution < 1.29 is 9.47 Å². The Balaban J connectivity index is 2.60. The highest BCUT2D eigenvalue weighted by Crippen LogP contribution is 2.11. The molecule has 1 aromatic carbocycles. The van der Waals surface area contributed by atoms with Gasteiger partial charge in [-0.1, -0.05) is 12.1 Å². The van der Waals surface area contributed by atoms with Gasteiger partial charge in [0.05, 0.1) is 7.11 Å². The third-order valence-corrected chi connectivity index (χ3v) is 1.46. The van der Waals surface area contributed by atoms with Gasteiger partial charge in [0.15, 0.2) is 0 Å². The van der Waals surface area contributed by atoms with Crippen molar-refractivity contribution in [1.82, 2.24) is 0 Å². The minimum absolute atomic E-state index is 0.320. The van der Waals surface area contributed by atoms with E-state index in [0.29, 0.717) is 6.61 Å². The lowest BCUT2D eigenvalue weighted by Crippen LogP contribution is -1.87. The van der Waals surface area contributed by atoms with Crippen LogP contribution in [0.4, 0.5) is 0 Å². The third kappa shape index (κ3) is 2.17. The first-order valence-corrected chi connectivity index (χ1v) is 3.50. The van der Waals surface area contributed by atoms with Gasteiger partial charge in [0.1, 0.15) is 12.4 Å². The molecule has 0 aliphatic rings. The summed E-state index contributed by atoms with van der Waals surface area (Å²) in [6.07, 6.45) is 1.61. The maximum Gasteiger partial charge on any atom is 0.286 e. The number of ether oxygens (including phenoxy) is 2. The second kappa shape index (κ2) is 4.24. The average molecular weight is 163 g/mol. The summed E-state index contributed by atoms with van der Waals surface area (Å²) in [5.74, 6) is 0.802. The molecule has 12 heavy (non-hydrogen) atoms. The number of benzene rings is 1. The third-order valence-electron chi connectivity index (χ3n) is 1.46. The number of methoxy groups -OCH3 is 1. The number of hydrogen-bond donors (Lipinski definition) is 0. The summed E-state index contributed by atoms with van der Waals surface area (Å²) < 4.78 is 9.53. The lowest BCUT2D eigenvalue weighted by atomic mass is 10.2. The molecule has 0 N–H and O–H groups in total. The maximum atomic E-state index is 8.13. The molecule has 0 spiro atoms. The molecular weight excluding hydrogens is 154 g/mol. The number of rotatable bonds is 3. The molecular formula is C9H9NO2. The summed E-state index contributed by atoms with van der Waals surface area (Å²) in [4.78, 5) is 0. The van der Waals surface area contributed by atoms with Crippen molar-refractivity contribution in [2.45, 2.75) is 6.61 Å². The molecule has 1 rings (SSSR count). The van der Waals surface area contributed by atoms with Gasteiger partial charge in [-0.05, 0) is 17.7 Å². The van der Waals surface area contributed by atoms with Gasteiger partial charge in [0, 0.05) is 0 Å². The fourth-order valence-electron chi connectivity index (χ4n) is 0.837. The van der Waals surface area contributed by atoms with Crippen LogP contribution in [0.2, 0.25) is 0 Å². The smallest absolute Gasteiger partial charge is 0.286 e. The molecule has 0 radical (unpaired) electrons. The van der Waals surface area contributed by atoms with Crippen LogP contribution in [0.15, 0.2) is 24.3 Å². The van der Waals surface area contributed by atoms with E-state index in [1.165, 1.54) is 0 Å². The molecule has 3 heteroatoms. The lowest BCUT2D eigenvalue weighted by Gasteiger charge is -2.00. The van der Waals surface area contributed by atoms with Crippen molar-refractivity contribution in [2.24, 2.45) is 0 Å². The molecule has 62 valence electrons. The molecule has 0 aliphatic heterocycles. The van der Waals surface area contributed by atoms with Crippen LogP contribution < -0.4 is 4.74 Å². The molecule has 0 heterocycles. The van der Waals surface area contributed by atoms with Crippen LogP contribution in [0.25, 0.3) is 0 Å². The molecule has 1 aromatic rings. The second-order valence-corrected chi connectivity index (χ2v) is 2.23. The quantitative estimate of drug-likeness (QED) is 0.637. The fourth-order valence-corrected chi connectivity index (χ4v) is 0.837.